The Morgan fingerprint density at radius 3 is 2.50 bits per heavy atom. The first-order chi connectivity index (χ1) is 13.9. The van der Waals surface area contributed by atoms with Gasteiger partial charge in [-0.15, -0.1) is 12.4 Å². The van der Waals surface area contributed by atoms with Crippen molar-refractivity contribution in [3.8, 4) is 0 Å². The van der Waals surface area contributed by atoms with E-state index in [2.05, 4.69) is 17.2 Å². The molecule has 2 aromatic rings. The molecule has 2 aromatic carbocycles. The van der Waals surface area contributed by atoms with Crippen molar-refractivity contribution in [1.82, 2.24) is 0 Å². The number of carboxylic acids is 1. The third-order valence-electron chi connectivity index (χ3n) is 5.14. The molecule has 1 aliphatic rings. The Hall–Kier alpha value is -2.08. The third-order valence-corrected chi connectivity index (χ3v) is 5.67. The number of carboxylic acid groups (broad SMARTS) is 1. The van der Waals surface area contributed by atoms with Crippen LogP contribution in [-0.4, -0.2) is 29.7 Å². The number of nitrogens with two attached hydrogens (primary N) is 1. The Morgan fingerprint density at radius 2 is 1.90 bits per heavy atom. The summed E-state index contributed by atoms with van der Waals surface area (Å²) in [6, 6.07) is 10.4. The Balaban J connectivity index is 0.00000320. The molecule has 0 saturated heterocycles. The van der Waals surface area contributed by atoms with Crippen molar-refractivity contribution in [3.63, 3.8) is 0 Å². The van der Waals surface area contributed by atoms with Crippen molar-refractivity contribution < 1.29 is 14.7 Å². The molecule has 1 heterocycles. The quantitative estimate of drug-likeness (QED) is 0.457. The van der Waals surface area contributed by atoms with Crippen LogP contribution in [0.5, 0.6) is 0 Å². The number of isocyanates is 1. The summed E-state index contributed by atoms with van der Waals surface area (Å²) < 4.78 is 0. The second-order valence-electron chi connectivity index (χ2n) is 7.06. The van der Waals surface area contributed by atoms with Crippen LogP contribution in [0.1, 0.15) is 35.4 Å². The number of carbonyl (C=O) groups is 1. The van der Waals surface area contributed by atoms with Gasteiger partial charge in [-0.25, -0.2) is 14.6 Å². The molecule has 0 fully saturated rings. The number of hydrazone groups is 1. The molecule has 0 radical (unpaired) electrons. The Labute approximate surface area is 191 Å². The van der Waals surface area contributed by atoms with Crippen LogP contribution in [0.4, 0.5) is 5.69 Å². The van der Waals surface area contributed by atoms with E-state index in [4.69, 9.17) is 28.9 Å². The van der Waals surface area contributed by atoms with E-state index in [9.17, 15) is 14.7 Å². The molecule has 9 heteroatoms. The summed E-state index contributed by atoms with van der Waals surface area (Å²) in [7, 11) is 0. The van der Waals surface area contributed by atoms with Crippen LogP contribution in [0.25, 0.3) is 0 Å². The summed E-state index contributed by atoms with van der Waals surface area (Å²) in [4.78, 5) is 22.8. The van der Waals surface area contributed by atoms with Gasteiger partial charge in [0.15, 0.2) is 6.04 Å². The number of aryl methyl sites for hydroxylation is 1. The van der Waals surface area contributed by atoms with E-state index < -0.39 is 12.0 Å². The fourth-order valence-electron chi connectivity index (χ4n) is 3.81. The summed E-state index contributed by atoms with van der Waals surface area (Å²) in [5.74, 6) is -1.24. The van der Waals surface area contributed by atoms with Gasteiger partial charge in [0.05, 0.1) is 5.69 Å². The summed E-state index contributed by atoms with van der Waals surface area (Å²) in [5, 5.41) is 15.2. The number of anilines is 1. The topological polar surface area (TPSA) is 96.0 Å². The van der Waals surface area contributed by atoms with Crippen molar-refractivity contribution in [2.45, 2.75) is 37.6 Å². The minimum atomic E-state index is -1.08. The smallest absolute Gasteiger partial charge is 0.328 e. The first-order valence-corrected chi connectivity index (χ1v) is 10.1. The van der Waals surface area contributed by atoms with E-state index in [0.717, 1.165) is 29.0 Å². The zero-order chi connectivity index (χ0) is 21.0. The minimum absolute atomic E-state index is 0. The SMILES string of the molecule is Cl.NCCCc1ccc(C[C@H]2C[C@H](C(=O)O)N(N=C=O)c3cc(Cl)cc(Cl)c32)cc1. The van der Waals surface area contributed by atoms with E-state index in [0.29, 0.717) is 28.7 Å². The molecule has 6 nitrogen and oxygen atoms in total. The zero-order valence-electron chi connectivity index (χ0n) is 16.1. The van der Waals surface area contributed by atoms with E-state index in [1.165, 1.54) is 11.6 Å². The second kappa shape index (κ2) is 10.8. The fourth-order valence-corrected chi connectivity index (χ4v) is 4.45. The monoisotopic (exact) mass is 469 g/mol. The molecule has 1 aliphatic heterocycles. The van der Waals surface area contributed by atoms with Crippen LogP contribution in [0.2, 0.25) is 10.0 Å². The molecule has 0 aromatic heterocycles. The average Bonchev–Trinajstić information content (AvgIpc) is 2.68. The van der Waals surface area contributed by atoms with Crippen LogP contribution in [-0.2, 0) is 22.4 Å². The Bertz CT molecular complexity index is 947. The minimum Gasteiger partial charge on any atom is -0.480 e. The Kier molecular flexibility index (Phi) is 8.71. The molecule has 0 spiro atoms. The number of aliphatic carboxylic acids is 1. The van der Waals surface area contributed by atoms with Gasteiger partial charge in [0.25, 0.3) is 6.08 Å². The number of fused-ring (bicyclic) bond motifs is 1. The summed E-state index contributed by atoms with van der Waals surface area (Å²) in [5.41, 5.74) is 9.01. The predicted octanol–water partition coefficient (Wildman–Crippen LogP) is 4.55. The van der Waals surface area contributed by atoms with Crippen molar-refractivity contribution >= 4 is 53.3 Å². The van der Waals surface area contributed by atoms with Crippen LogP contribution in [0, 0.1) is 0 Å². The van der Waals surface area contributed by atoms with Gasteiger partial charge in [0.2, 0.25) is 0 Å². The van der Waals surface area contributed by atoms with Crippen molar-refractivity contribution in [3.05, 3.63) is 63.1 Å². The lowest BCUT2D eigenvalue weighted by molar-refractivity contribution is -0.139. The van der Waals surface area contributed by atoms with Gasteiger partial charge < -0.3 is 10.8 Å². The molecule has 2 atom stereocenters. The van der Waals surface area contributed by atoms with Gasteiger partial charge in [-0.05, 0) is 67.0 Å². The molecule has 0 aliphatic carbocycles. The van der Waals surface area contributed by atoms with Gasteiger partial charge in [-0.1, -0.05) is 52.6 Å². The summed E-state index contributed by atoms with van der Waals surface area (Å²) >= 11 is 12.6. The number of rotatable bonds is 7. The maximum Gasteiger partial charge on any atom is 0.328 e. The number of carbonyl (C=O) groups excluding carboxylic acids is 1. The molecule has 0 unspecified atom stereocenters. The van der Waals surface area contributed by atoms with Crippen molar-refractivity contribution in [2.75, 3.05) is 11.6 Å². The van der Waals surface area contributed by atoms with Gasteiger partial charge in [0.1, 0.15) is 0 Å². The molecule has 0 saturated carbocycles. The largest absolute Gasteiger partial charge is 0.480 e. The summed E-state index contributed by atoms with van der Waals surface area (Å²) in [6.45, 7) is 0.651. The highest BCUT2D eigenvalue weighted by Gasteiger charge is 2.38. The molecule has 0 bridgehead atoms. The molecule has 160 valence electrons. The normalized spacial score (nSPS) is 17.5. The van der Waals surface area contributed by atoms with Gasteiger partial charge in [0, 0.05) is 10.0 Å². The number of nitrogens with zero attached hydrogens (tertiary/aromatic N) is 2. The second-order valence-corrected chi connectivity index (χ2v) is 7.90. The molecule has 30 heavy (non-hydrogen) atoms. The highest BCUT2D eigenvalue weighted by atomic mass is 35.5. The first kappa shape index (κ1) is 24.2. The van der Waals surface area contributed by atoms with Gasteiger partial charge in [-0.2, -0.15) is 0 Å². The lowest BCUT2D eigenvalue weighted by Crippen LogP contribution is -2.43. The maximum atomic E-state index is 11.9. The lowest BCUT2D eigenvalue weighted by atomic mass is 9.82. The predicted molar refractivity (Wildman–Crippen MR) is 121 cm³/mol. The molecular weight excluding hydrogens is 449 g/mol. The average molecular weight is 471 g/mol. The van der Waals surface area contributed by atoms with E-state index in [1.54, 1.807) is 12.1 Å². The summed E-state index contributed by atoms with van der Waals surface area (Å²) in [6.07, 6.45) is 4.14. The van der Waals surface area contributed by atoms with Crippen molar-refractivity contribution in [1.29, 1.82) is 0 Å². The number of halogens is 3. The van der Waals surface area contributed by atoms with Crippen molar-refractivity contribution in [2.24, 2.45) is 10.8 Å². The highest BCUT2D eigenvalue weighted by Crippen LogP contribution is 2.45. The fraction of sp³-hybridized carbons (Fsp3) is 0.333. The molecule has 3 N–H and O–H groups in total. The zero-order valence-corrected chi connectivity index (χ0v) is 18.4. The van der Waals surface area contributed by atoms with Crippen LogP contribution in [0.15, 0.2) is 41.5 Å². The Morgan fingerprint density at radius 1 is 1.23 bits per heavy atom. The van der Waals surface area contributed by atoms with E-state index in [-0.39, 0.29) is 24.7 Å². The number of hydrogen-bond donors (Lipinski definition) is 2. The molecular formula is C21H22Cl3N3O3. The lowest BCUT2D eigenvalue weighted by Gasteiger charge is -2.37. The third kappa shape index (κ3) is 5.34. The standard InChI is InChI=1S/C21H21Cl2N3O3.ClH/c22-16-10-17(23)20-15(8-14-5-3-13(4-6-14)2-1-7-24)9-19(21(28)29)26(25-12-27)18(20)11-16;/h3-6,10-11,15,19H,1-2,7-9,24H2,(H,28,29);1H/t15-,19+;/m0./s1. The molecule has 3 rings (SSSR count). The maximum absolute atomic E-state index is 11.9. The van der Waals surface area contributed by atoms with Gasteiger partial charge >= 0.3 is 5.97 Å². The van der Waals surface area contributed by atoms with Crippen LogP contribution >= 0.6 is 35.6 Å². The van der Waals surface area contributed by atoms with Crippen LogP contribution in [0.3, 0.4) is 0 Å². The van der Waals surface area contributed by atoms with E-state index >= 15 is 0 Å². The molecule has 0 amide bonds. The van der Waals surface area contributed by atoms with Gasteiger partial charge in [-0.3, -0.25) is 0 Å². The number of hydrogen-bond acceptors (Lipinski definition) is 5. The van der Waals surface area contributed by atoms with E-state index in [1.807, 2.05) is 12.1 Å². The number of benzene rings is 2. The first-order valence-electron chi connectivity index (χ1n) is 9.31. The highest BCUT2D eigenvalue weighted by molar-refractivity contribution is 6.35. The van der Waals surface area contributed by atoms with Crippen LogP contribution < -0.4 is 10.7 Å².